The summed E-state index contributed by atoms with van der Waals surface area (Å²) in [6.07, 6.45) is 1.73. The van der Waals surface area contributed by atoms with Gasteiger partial charge in [0.2, 0.25) is 11.8 Å². The number of pyridine rings is 1. The number of nitrogens with zero attached hydrogens (tertiary/aromatic N) is 3. The number of carbonyl (C=O) groups excluding carboxylic acids is 1. The summed E-state index contributed by atoms with van der Waals surface area (Å²) in [5, 5.41) is 0.535. The number of ether oxygens (including phenoxy) is 1. The second-order valence-electron chi connectivity index (χ2n) is 6.55. The fourth-order valence-electron chi connectivity index (χ4n) is 3.11. The molecule has 0 radical (unpaired) electrons. The molecule has 1 fully saturated rings. The highest BCUT2D eigenvalue weighted by Crippen LogP contribution is 2.24. The summed E-state index contributed by atoms with van der Waals surface area (Å²) in [7, 11) is 0. The van der Waals surface area contributed by atoms with Crippen LogP contribution in [0.2, 0.25) is 0 Å². The largest absolute Gasteiger partial charge is 0.474 e. The van der Waals surface area contributed by atoms with Gasteiger partial charge in [-0.3, -0.25) is 4.79 Å². The standard InChI is InChI=1S/C20H21N3O3S/c1-14-5-4-8-18(21-14)25-15-9-11-23(12-10-15)19(24)13-27-20-22-16-6-2-3-7-17(16)26-20/h2-8,15H,9-13H2,1H3. The molecule has 0 N–H and O–H groups in total. The van der Waals surface area contributed by atoms with E-state index >= 15 is 0 Å². The molecule has 3 aromatic rings. The topological polar surface area (TPSA) is 68.5 Å². The van der Waals surface area contributed by atoms with Crippen LogP contribution in [0, 0.1) is 6.92 Å². The smallest absolute Gasteiger partial charge is 0.257 e. The number of aromatic nitrogens is 2. The first-order chi connectivity index (χ1) is 13.2. The first kappa shape index (κ1) is 17.9. The molecule has 0 spiro atoms. The Morgan fingerprint density at radius 3 is 2.78 bits per heavy atom. The molecule has 2 aromatic heterocycles. The van der Waals surface area contributed by atoms with Crippen molar-refractivity contribution in [3.8, 4) is 5.88 Å². The molecule has 0 atom stereocenters. The summed E-state index contributed by atoms with van der Waals surface area (Å²) < 4.78 is 11.6. The van der Waals surface area contributed by atoms with E-state index in [2.05, 4.69) is 9.97 Å². The zero-order valence-corrected chi connectivity index (χ0v) is 15.9. The van der Waals surface area contributed by atoms with Crippen LogP contribution >= 0.6 is 11.8 Å². The fourth-order valence-corrected chi connectivity index (χ4v) is 3.85. The minimum Gasteiger partial charge on any atom is -0.474 e. The van der Waals surface area contributed by atoms with Gasteiger partial charge in [-0.25, -0.2) is 9.97 Å². The van der Waals surface area contributed by atoms with E-state index in [-0.39, 0.29) is 12.0 Å². The molecule has 7 heteroatoms. The van der Waals surface area contributed by atoms with Crippen LogP contribution in [0.25, 0.3) is 11.1 Å². The quantitative estimate of drug-likeness (QED) is 0.626. The van der Waals surface area contributed by atoms with Gasteiger partial charge in [-0.2, -0.15) is 0 Å². The van der Waals surface area contributed by atoms with Gasteiger partial charge in [0.15, 0.2) is 5.58 Å². The molecule has 0 saturated carbocycles. The predicted molar refractivity (Wildman–Crippen MR) is 104 cm³/mol. The van der Waals surface area contributed by atoms with E-state index in [1.807, 2.05) is 54.3 Å². The van der Waals surface area contributed by atoms with Gasteiger partial charge in [0.25, 0.3) is 5.22 Å². The number of oxazole rings is 1. The number of amides is 1. The van der Waals surface area contributed by atoms with Crippen LogP contribution in [0.5, 0.6) is 5.88 Å². The van der Waals surface area contributed by atoms with Gasteiger partial charge >= 0.3 is 0 Å². The minimum atomic E-state index is 0.105. The Hall–Kier alpha value is -2.54. The van der Waals surface area contributed by atoms with Crippen LogP contribution in [0.1, 0.15) is 18.5 Å². The second kappa shape index (κ2) is 8.00. The van der Waals surface area contributed by atoms with Crippen LogP contribution in [-0.4, -0.2) is 45.7 Å². The maximum Gasteiger partial charge on any atom is 0.257 e. The van der Waals surface area contributed by atoms with E-state index in [4.69, 9.17) is 9.15 Å². The van der Waals surface area contributed by atoms with Crippen molar-refractivity contribution < 1.29 is 13.9 Å². The second-order valence-corrected chi connectivity index (χ2v) is 7.48. The fraction of sp³-hybridized carbons (Fsp3) is 0.350. The lowest BCUT2D eigenvalue weighted by Crippen LogP contribution is -2.42. The molecule has 140 valence electrons. The lowest BCUT2D eigenvalue weighted by Gasteiger charge is -2.31. The molecule has 6 nitrogen and oxygen atoms in total. The molecule has 1 aliphatic heterocycles. The van der Waals surface area contributed by atoms with Crippen molar-refractivity contribution in [1.82, 2.24) is 14.9 Å². The first-order valence-corrected chi connectivity index (χ1v) is 10.0. The van der Waals surface area contributed by atoms with Crippen LogP contribution < -0.4 is 4.74 Å². The highest BCUT2D eigenvalue weighted by molar-refractivity contribution is 7.99. The van der Waals surface area contributed by atoms with E-state index < -0.39 is 0 Å². The molecule has 1 aliphatic rings. The summed E-state index contributed by atoms with van der Waals surface area (Å²) in [5.74, 6) is 1.10. The molecular formula is C20H21N3O3S. The molecule has 3 heterocycles. The minimum absolute atomic E-state index is 0.105. The molecule has 0 aliphatic carbocycles. The zero-order valence-electron chi connectivity index (χ0n) is 15.1. The summed E-state index contributed by atoms with van der Waals surface area (Å²) in [6.45, 7) is 3.34. The van der Waals surface area contributed by atoms with Crippen LogP contribution in [0.15, 0.2) is 52.1 Å². The average molecular weight is 383 g/mol. The summed E-state index contributed by atoms with van der Waals surface area (Å²) in [4.78, 5) is 23.1. The van der Waals surface area contributed by atoms with Crippen LogP contribution in [0.4, 0.5) is 0 Å². The van der Waals surface area contributed by atoms with Crippen molar-refractivity contribution >= 4 is 28.8 Å². The van der Waals surface area contributed by atoms with Gasteiger partial charge in [-0.05, 0) is 25.1 Å². The number of aryl methyl sites for hydroxylation is 1. The predicted octanol–water partition coefficient (Wildman–Crippen LogP) is 3.69. The molecule has 1 amide bonds. The molecule has 27 heavy (non-hydrogen) atoms. The molecule has 0 unspecified atom stereocenters. The van der Waals surface area contributed by atoms with Crippen molar-refractivity contribution in [2.45, 2.75) is 31.1 Å². The van der Waals surface area contributed by atoms with Crippen molar-refractivity contribution in [2.24, 2.45) is 0 Å². The van der Waals surface area contributed by atoms with E-state index in [0.717, 1.165) is 29.6 Å². The van der Waals surface area contributed by atoms with E-state index in [1.165, 1.54) is 11.8 Å². The molecule has 1 saturated heterocycles. The molecule has 4 rings (SSSR count). The van der Waals surface area contributed by atoms with Crippen molar-refractivity contribution in [1.29, 1.82) is 0 Å². The number of benzene rings is 1. The Kier molecular flexibility index (Phi) is 5.29. The lowest BCUT2D eigenvalue weighted by atomic mass is 10.1. The maximum atomic E-state index is 12.5. The monoisotopic (exact) mass is 383 g/mol. The summed E-state index contributed by atoms with van der Waals surface area (Å²) >= 11 is 1.34. The highest BCUT2D eigenvalue weighted by atomic mass is 32.2. The Labute approximate surface area is 161 Å². The van der Waals surface area contributed by atoms with Crippen LogP contribution in [-0.2, 0) is 4.79 Å². The maximum absolute atomic E-state index is 12.5. The third-order valence-electron chi connectivity index (χ3n) is 4.54. The van der Waals surface area contributed by atoms with Gasteiger partial charge in [0.1, 0.15) is 11.6 Å². The number of likely N-dealkylation sites (tertiary alicyclic amines) is 1. The number of hydrogen-bond acceptors (Lipinski definition) is 6. The van der Waals surface area contributed by atoms with Crippen molar-refractivity contribution in [2.75, 3.05) is 18.8 Å². The van der Waals surface area contributed by atoms with Crippen LogP contribution in [0.3, 0.4) is 0 Å². The zero-order chi connectivity index (χ0) is 18.6. The van der Waals surface area contributed by atoms with Crippen molar-refractivity contribution in [3.63, 3.8) is 0 Å². The van der Waals surface area contributed by atoms with E-state index in [1.54, 1.807) is 0 Å². The SMILES string of the molecule is Cc1cccc(OC2CCN(C(=O)CSc3nc4ccccc4o3)CC2)n1. The Morgan fingerprint density at radius 1 is 1.19 bits per heavy atom. The molecule has 1 aromatic carbocycles. The van der Waals surface area contributed by atoms with E-state index in [9.17, 15) is 4.79 Å². The first-order valence-electron chi connectivity index (χ1n) is 9.04. The highest BCUT2D eigenvalue weighted by Gasteiger charge is 2.24. The van der Waals surface area contributed by atoms with E-state index in [0.29, 0.717) is 29.9 Å². The number of hydrogen-bond donors (Lipinski definition) is 0. The molecule has 0 bridgehead atoms. The third kappa shape index (κ3) is 4.42. The number of para-hydroxylation sites is 2. The van der Waals surface area contributed by atoms with Gasteiger partial charge < -0.3 is 14.1 Å². The number of carbonyl (C=O) groups is 1. The van der Waals surface area contributed by atoms with Gasteiger partial charge in [0.05, 0.1) is 5.75 Å². The third-order valence-corrected chi connectivity index (χ3v) is 5.35. The van der Waals surface area contributed by atoms with Gasteiger partial charge in [-0.15, -0.1) is 0 Å². The number of piperidine rings is 1. The molecular weight excluding hydrogens is 362 g/mol. The number of fused-ring (bicyclic) bond motifs is 1. The number of rotatable bonds is 5. The van der Waals surface area contributed by atoms with Gasteiger partial charge in [-0.1, -0.05) is 30.0 Å². The lowest BCUT2D eigenvalue weighted by molar-refractivity contribution is -0.130. The summed E-state index contributed by atoms with van der Waals surface area (Å²) in [5.41, 5.74) is 2.50. The Bertz CT molecular complexity index is 902. The number of thioether (sulfide) groups is 1. The van der Waals surface area contributed by atoms with Crippen molar-refractivity contribution in [3.05, 3.63) is 48.2 Å². The average Bonchev–Trinajstić information content (AvgIpc) is 3.10. The normalized spacial score (nSPS) is 15.2. The summed E-state index contributed by atoms with van der Waals surface area (Å²) in [6, 6.07) is 13.4. The Morgan fingerprint density at radius 2 is 2.00 bits per heavy atom. The Balaban J connectivity index is 1.25. The van der Waals surface area contributed by atoms with Gasteiger partial charge in [0, 0.05) is 37.7 Å².